The summed E-state index contributed by atoms with van der Waals surface area (Å²) in [5, 5.41) is 2.75. The maximum atomic E-state index is 12.0. The molecule has 0 spiro atoms. The molecule has 5 nitrogen and oxygen atoms in total. The Balaban J connectivity index is 2.11. The molecule has 5 heteroatoms. The van der Waals surface area contributed by atoms with Gasteiger partial charge in [0.05, 0.1) is 14.2 Å². The second-order valence-corrected chi connectivity index (χ2v) is 4.99. The molecule has 0 aromatic heterocycles. The number of nitrogens with one attached hydrogen (secondary N) is 1. The van der Waals surface area contributed by atoms with E-state index >= 15 is 0 Å². The Morgan fingerprint density at radius 2 is 1.79 bits per heavy atom. The molecular formula is C19H21NO4. The molecule has 0 unspecified atom stereocenters. The minimum atomic E-state index is -0.164. The Kier molecular flexibility index (Phi) is 6.25. The minimum Gasteiger partial charge on any atom is -0.497 e. The standard InChI is InChI=1S/C19H21NO4/c1-4-11-20-19(21)14-5-10-18(23-3)15(12-14)13-24-17-8-6-16(22-2)7-9-17/h4-10,12H,1,11,13H2,2-3H3,(H,20,21). The number of benzene rings is 2. The molecule has 0 atom stereocenters. The quantitative estimate of drug-likeness (QED) is 0.757. The first-order valence-electron chi connectivity index (χ1n) is 7.50. The Morgan fingerprint density at radius 1 is 1.08 bits per heavy atom. The lowest BCUT2D eigenvalue weighted by molar-refractivity contribution is 0.0958. The van der Waals surface area contributed by atoms with Gasteiger partial charge in [-0.05, 0) is 42.5 Å². The topological polar surface area (TPSA) is 56.8 Å². The number of hydrogen-bond acceptors (Lipinski definition) is 4. The van der Waals surface area contributed by atoms with Crippen LogP contribution in [0.1, 0.15) is 15.9 Å². The molecule has 0 heterocycles. The van der Waals surface area contributed by atoms with E-state index in [0.717, 1.165) is 11.3 Å². The second kappa shape index (κ2) is 8.62. The molecule has 24 heavy (non-hydrogen) atoms. The molecule has 0 radical (unpaired) electrons. The smallest absolute Gasteiger partial charge is 0.251 e. The normalized spacial score (nSPS) is 9.92. The Hall–Kier alpha value is -2.95. The van der Waals surface area contributed by atoms with Gasteiger partial charge in [0.15, 0.2) is 0 Å². The summed E-state index contributed by atoms with van der Waals surface area (Å²) in [6.07, 6.45) is 1.63. The number of carbonyl (C=O) groups is 1. The van der Waals surface area contributed by atoms with Crippen LogP contribution in [-0.4, -0.2) is 26.7 Å². The summed E-state index contributed by atoms with van der Waals surface area (Å²) >= 11 is 0. The van der Waals surface area contributed by atoms with Crippen LogP contribution in [0.5, 0.6) is 17.2 Å². The van der Waals surface area contributed by atoms with Gasteiger partial charge in [-0.25, -0.2) is 0 Å². The zero-order valence-corrected chi connectivity index (χ0v) is 13.9. The fraction of sp³-hybridized carbons (Fsp3) is 0.211. The minimum absolute atomic E-state index is 0.164. The zero-order valence-electron chi connectivity index (χ0n) is 13.9. The maximum Gasteiger partial charge on any atom is 0.251 e. The van der Waals surface area contributed by atoms with E-state index in [1.54, 1.807) is 38.5 Å². The van der Waals surface area contributed by atoms with Crippen LogP contribution in [0.2, 0.25) is 0 Å². The maximum absolute atomic E-state index is 12.0. The van der Waals surface area contributed by atoms with Gasteiger partial charge in [0.1, 0.15) is 23.9 Å². The van der Waals surface area contributed by atoms with Crippen molar-refractivity contribution in [3.05, 3.63) is 66.2 Å². The molecule has 0 saturated carbocycles. The molecule has 0 fully saturated rings. The van der Waals surface area contributed by atoms with Gasteiger partial charge < -0.3 is 19.5 Å². The molecule has 1 N–H and O–H groups in total. The lowest BCUT2D eigenvalue weighted by atomic mass is 10.1. The van der Waals surface area contributed by atoms with Gasteiger partial charge in [0.25, 0.3) is 5.91 Å². The van der Waals surface area contributed by atoms with E-state index in [-0.39, 0.29) is 12.5 Å². The van der Waals surface area contributed by atoms with Crippen molar-refractivity contribution in [2.75, 3.05) is 20.8 Å². The van der Waals surface area contributed by atoms with Gasteiger partial charge >= 0.3 is 0 Å². The van der Waals surface area contributed by atoms with Crippen molar-refractivity contribution in [2.24, 2.45) is 0 Å². The number of carbonyl (C=O) groups excluding carboxylic acids is 1. The summed E-state index contributed by atoms with van der Waals surface area (Å²) < 4.78 is 16.2. The fourth-order valence-electron chi connectivity index (χ4n) is 2.13. The predicted molar refractivity (Wildman–Crippen MR) is 92.9 cm³/mol. The molecule has 0 aliphatic carbocycles. The molecule has 2 aromatic carbocycles. The van der Waals surface area contributed by atoms with Gasteiger partial charge in [-0.15, -0.1) is 6.58 Å². The highest BCUT2D eigenvalue weighted by atomic mass is 16.5. The van der Waals surface area contributed by atoms with Gasteiger partial charge in [0.2, 0.25) is 0 Å². The van der Waals surface area contributed by atoms with Gasteiger partial charge in [0, 0.05) is 17.7 Å². The molecule has 0 bridgehead atoms. The number of hydrogen-bond donors (Lipinski definition) is 1. The van der Waals surface area contributed by atoms with E-state index in [1.807, 2.05) is 24.3 Å². The summed E-state index contributed by atoms with van der Waals surface area (Å²) in [7, 11) is 3.20. The van der Waals surface area contributed by atoms with Crippen molar-refractivity contribution < 1.29 is 19.0 Å². The van der Waals surface area contributed by atoms with Crippen LogP contribution in [0.4, 0.5) is 0 Å². The van der Waals surface area contributed by atoms with E-state index in [9.17, 15) is 4.79 Å². The van der Waals surface area contributed by atoms with Crippen LogP contribution in [0, 0.1) is 0 Å². The van der Waals surface area contributed by atoms with Crippen molar-refractivity contribution in [1.82, 2.24) is 5.32 Å². The van der Waals surface area contributed by atoms with Crippen molar-refractivity contribution >= 4 is 5.91 Å². The van der Waals surface area contributed by atoms with E-state index in [2.05, 4.69) is 11.9 Å². The third-order valence-electron chi connectivity index (χ3n) is 3.40. The first kappa shape index (κ1) is 17.4. The average molecular weight is 327 g/mol. The molecule has 2 aromatic rings. The predicted octanol–water partition coefficient (Wildman–Crippen LogP) is 3.20. The molecule has 0 saturated heterocycles. The van der Waals surface area contributed by atoms with Crippen molar-refractivity contribution in [3.8, 4) is 17.2 Å². The lowest BCUT2D eigenvalue weighted by Gasteiger charge is -2.12. The van der Waals surface area contributed by atoms with Gasteiger partial charge in [-0.3, -0.25) is 4.79 Å². The number of ether oxygens (including phenoxy) is 3. The van der Waals surface area contributed by atoms with Gasteiger partial charge in [-0.2, -0.15) is 0 Å². The van der Waals surface area contributed by atoms with Crippen molar-refractivity contribution in [3.63, 3.8) is 0 Å². The summed E-state index contributed by atoms with van der Waals surface area (Å²) in [6.45, 7) is 4.29. The van der Waals surface area contributed by atoms with E-state index in [0.29, 0.717) is 23.6 Å². The monoisotopic (exact) mass is 327 g/mol. The SMILES string of the molecule is C=CCNC(=O)c1ccc(OC)c(COc2ccc(OC)cc2)c1. The summed E-state index contributed by atoms with van der Waals surface area (Å²) in [5.41, 5.74) is 1.34. The van der Waals surface area contributed by atoms with E-state index < -0.39 is 0 Å². The van der Waals surface area contributed by atoms with Crippen LogP contribution in [0.3, 0.4) is 0 Å². The van der Waals surface area contributed by atoms with Crippen LogP contribution >= 0.6 is 0 Å². The van der Waals surface area contributed by atoms with Crippen LogP contribution in [0.15, 0.2) is 55.1 Å². The largest absolute Gasteiger partial charge is 0.497 e. The Morgan fingerprint density at radius 3 is 2.42 bits per heavy atom. The number of methoxy groups -OCH3 is 2. The zero-order chi connectivity index (χ0) is 17.4. The molecular weight excluding hydrogens is 306 g/mol. The Labute approximate surface area is 141 Å². The highest BCUT2D eigenvalue weighted by Gasteiger charge is 2.10. The summed E-state index contributed by atoms with van der Waals surface area (Å²) in [6, 6.07) is 12.5. The van der Waals surface area contributed by atoms with E-state index in [4.69, 9.17) is 14.2 Å². The third-order valence-corrected chi connectivity index (χ3v) is 3.40. The first-order valence-corrected chi connectivity index (χ1v) is 7.50. The van der Waals surface area contributed by atoms with Crippen LogP contribution < -0.4 is 19.5 Å². The summed E-state index contributed by atoms with van der Waals surface area (Å²) in [4.78, 5) is 12.0. The van der Waals surface area contributed by atoms with Crippen molar-refractivity contribution in [1.29, 1.82) is 0 Å². The molecule has 126 valence electrons. The number of rotatable bonds is 8. The fourth-order valence-corrected chi connectivity index (χ4v) is 2.13. The summed E-state index contributed by atoms with van der Waals surface area (Å²) in [5.74, 6) is 1.98. The Bertz CT molecular complexity index is 695. The van der Waals surface area contributed by atoms with Crippen LogP contribution in [0.25, 0.3) is 0 Å². The van der Waals surface area contributed by atoms with Crippen LogP contribution in [-0.2, 0) is 6.61 Å². The van der Waals surface area contributed by atoms with Gasteiger partial charge in [-0.1, -0.05) is 6.08 Å². The third kappa shape index (κ3) is 4.52. The van der Waals surface area contributed by atoms with Crippen molar-refractivity contribution in [2.45, 2.75) is 6.61 Å². The van der Waals surface area contributed by atoms with E-state index in [1.165, 1.54) is 0 Å². The highest BCUT2D eigenvalue weighted by molar-refractivity contribution is 5.94. The molecule has 0 aliphatic rings. The molecule has 1 amide bonds. The second-order valence-electron chi connectivity index (χ2n) is 4.99. The molecule has 2 rings (SSSR count). The average Bonchev–Trinajstić information content (AvgIpc) is 2.64. The first-order chi connectivity index (χ1) is 11.7. The molecule has 0 aliphatic heterocycles. The highest BCUT2D eigenvalue weighted by Crippen LogP contribution is 2.23. The lowest BCUT2D eigenvalue weighted by Crippen LogP contribution is -2.23. The number of amides is 1.